The molecule has 0 aliphatic rings. The number of nitrogens with zero attached hydrogens (tertiary/aromatic N) is 1. The third-order valence-corrected chi connectivity index (χ3v) is 3.79. The van der Waals surface area contributed by atoms with Crippen molar-refractivity contribution < 1.29 is 4.74 Å². The van der Waals surface area contributed by atoms with Gasteiger partial charge in [-0.05, 0) is 65.0 Å². The highest BCUT2D eigenvalue weighted by Gasteiger charge is 2.04. The molecule has 114 valence electrons. The minimum absolute atomic E-state index is 0.624. The number of methoxy groups -OCH3 is 1. The topological polar surface area (TPSA) is 24.5 Å². The average molecular weight is 299 g/mol. The van der Waals surface area contributed by atoms with Crippen LogP contribution in [0.4, 0.5) is 0 Å². The molecule has 1 aromatic rings. The molecule has 20 heavy (non-hydrogen) atoms. The SMILES string of the molecule is COc1ccc(Cl)cc1CNCCCCN(C)C(C)C. The quantitative estimate of drug-likeness (QED) is 0.706. The highest BCUT2D eigenvalue weighted by molar-refractivity contribution is 6.30. The first-order chi connectivity index (χ1) is 9.54. The molecule has 0 saturated carbocycles. The summed E-state index contributed by atoms with van der Waals surface area (Å²) in [6.45, 7) is 7.42. The molecular weight excluding hydrogens is 272 g/mol. The molecule has 0 aromatic heterocycles. The summed E-state index contributed by atoms with van der Waals surface area (Å²) in [5, 5.41) is 4.20. The second-order valence-electron chi connectivity index (χ2n) is 5.41. The molecule has 0 saturated heterocycles. The molecule has 1 N–H and O–H groups in total. The zero-order valence-electron chi connectivity index (χ0n) is 13.1. The molecule has 0 amide bonds. The summed E-state index contributed by atoms with van der Waals surface area (Å²) in [6, 6.07) is 6.35. The van der Waals surface area contributed by atoms with Gasteiger partial charge in [-0.1, -0.05) is 11.6 Å². The van der Waals surface area contributed by atoms with Gasteiger partial charge in [0.25, 0.3) is 0 Å². The molecule has 3 nitrogen and oxygen atoms in total. The van der Waals surface area contributed by atoms with Crippen LogP contribution in [0.1, 0.15) is 32.3 Å². The molecule has 4 heteroatoms. The van der Waals surface area contributed by atoms with Crippen LogP contribution in [0.25, 0.3) is 0 Å². The van der Waals surface area contributed by atoms with E-state index in [0.29, 0.717) is 6.04 Å². The third kappa shape index (κ3) is 6.12. The molecule has 1 aromatic carbocycles. The van der Waals surface area contributed by atoms with Gasteiger partial charge in [-0.2, -0.15) is 0 Å². The maximum Gasteiger partial charge on any atom is 0.123 e. The zero-order chi connectivity index (χ0) is 15.0. The van der Waals surface area contributed by atoms with Crippen molar-refractivity contribution >= 4 is 11.6 Å². The van der Waals surface area contributed by atoms with Gasteiger partial charge in [-0.3, -0.25) is 0 Å². The van der Waals surface area contributed by atoms with E-state index in [1.807, 2.05) is 18.2 Å². The number of ether oxygens (including phenoxy) is 1. The first-order valence-corrected chi connectivity index (χ1v) is 7.65. The lowest BCUT2D eigenvalue weighted by molar-refractivity contribution is 0.268. The van der Waals surface area contributed by atoms with Crippen LogP contribution in [0, 0.1) is 0 Å². The van der Waals surface area contributed by atoms with Gasteiger partial charge < -0.3 is 15.0 Å². The van der Waals surface area contributed by atoms with Gasteiger partial charge in [0.1, 0.15) is 5.75 Å². The first kappa shape index (κ1) is 17.3. The molecule has 0 spiro atoms. The predicted molar refractivity (Wildman–Crippen MR) is 86.7 cm³/mol. The molecule has 0 heterocycles. The van der Waals surface area contributed by atoms with Crippen LogP contribution < -0.4 is 10.1 Å². The highest BCUT2D eigenvalue weighted by Crippen LogP contribution is 2.22. The van der Waals surface area contributed by atoms with E-state index < -0.39 is 0 Å². The number of halogens is 1. The molecular formula is C16H27ClN2O. The normalized spacial score (nSPS) is 11.3. The number of hydrogen-bond donors (Lipinski definition) is 1. The van der Waals surface area contributed by atoms with Crippen LogP contribution in [0.15, 0.2) is 18.2 Å². The zero-order valence-corrected chi connectivity index (χ0v) is 13.8. The van der Waals surface area contributed by atoms with Crippen LogP contribution >= 0.6 is 11.6 Å². The van der Waals surface area contributed by atoms with Gasteiger partial charge in [0, 0.05) is 23.2 Å². The maximum absolute atomic E-state index is 6.01. The van der Waals surface area contributed by atoms with Crippen LogP contribution in [0.2, 0.25) is 5.02 Å². The molecule has 0 aliphatic heterocycles. The maximum atomic E-state index is 6.01. The minimum atomic E-state index is 0.624. The summed E-state index contributed by atoms with van der Waals surface area (Å²) < 4.78 is 5.33. The fraction of sp³-hybridized carbons (Fsp3) is 0.625. The molecule has 0 atom stereocenters. The summed E-state index contributed by atoms with van der Waals surface area (Å²) in [4.78, 5) is 2.37. The second-order valence-corrected chi connectivity index (χ2v) is 5.85. The predicted octanol–water partition coefficient (Wildman–Crippen LogP) is 3.56. The lowest BCUT2D eigenvalue weighted by Crippen LogP contribution is -2.27. The van der Waals surface area contributed by atoms with Crippen molar-refractivity contribution in [1.29, 1.82) is 0 Å². The summed E-state index contributed by atoms with van der Waals surface area (Å²) >= 11 is 6.01. The van der Waals surface area contributed by atoms with E-state index in [2.05, 4.69) is 31.1 Å². The number of unbranched alkanes of at least 4 members (excludes halogenated alkanes) is 1. The van der Waals surface area contributed by atoms with Crippen LogP contribution in [0.5, 0.6) is 5.75 Å². The highest BCUT2D eigenvalue weighted by atomic mass is 35.5. The monoisotopic (exact) mass is 298 g/mol. The number of rotatable bonds is 9. The van der Waals surface area contributed by atoms with Gasteiger partial charge in [0.2, 0.25) is 0 Å². The largest absolute Gasteiger partial charge is 0.496 e. The second kappa shape index (κ2) is 9.22. The van der Waals surface area contributed by atoms with Crippen molar-refractivity contribution in [3.63, 3.8) is 0 Å². The Morgan fingerprint density at radius 1 is 1.30 bits per heavy atom. The molecule has 1 rings (SSSR count). The Hall–Kier alpha value is -0.770. The smallest absolute Gasteiger partial charge is 0.123 e. The number of benzene rings is 1. The van der Waals surface area contributed by atoms with Crippen LogP contribution in [-0.4, -0.2) is 38.2 Å². The fourth-order valence-electron chi connectivity index (χ4n) is 1.98. The van der Waals surface area contributed by atoms with Gasteiger partial charge in [0.05, 0.1) is 7.11 Å². The first-order valence-electron chi connectivity index (χ1n) is 7.28. The van der Waals surface area contributed by atoms with Gasteiger partial charge in [-0.25, -0.2) is 0 Å². The fourth-order valence-corrected chi connectivity index (χ4v) is 2.17. The van der Waals surface area contributed by atoms with E-state index in [9.17, 15) is 0 Å². The Labute approximate surface area is 128 Å². The molecule has 0 aliphatic carbocycles. The Morgan fingerprint density at radius 3 is 2.70 bits per heavy atom. The molecule has 0 radical (unpaired) electrons. The van der Waals surface area contributed by atoms with Crippen LogP contribution in [-0.2, 0) is 6.54 Å². The van der Waals surface area contributed by atoms with E-state index in [4.69, 9.17) is 16.3 Å². The van der Waals surface area contributed by atoms with Gasteiger partial charge in [-0.15, -0.1) is 0 Å². The summed E-state index contributed by atoms with van der Waals surface area (Å²) in [5.74, 6) is 0.890. The lowest BCUT2D eigenvalue weighted by Gasteiger charge is -2.20. The van der Waals surface area contributed by atoms with E-state index in [1.165, 1.54) is 12.8 Å². The van der Waals surface area contributed by atoms with E-state index in [1.54, 1.807) is 7.11 Å². The standard InChI is InChI=1S/C16H27ClN2O/c1-13(2)19(3)10-6-5-9-18-12-14-11-15(17)7-8-16(14)20-4/h7-8,11,13,18H,5-6,9-10,12H2,1-4H3. The Bertz CT molecular complexity index is 396. The molecule has 0 fully saturated rings. The van der Waals surface area contributed by atoms with Crippen molar-refractivity contribution in [2.24, 2.45) is 0 Å². The molecule has 0 unspecified atom stereocenters. The summed E-state index contributed by atoms with van der Waals surface area (Å²) in [7, 11) is 3.86. The molecule has 0 bridgehead atoms. The van der Waals surface area contributed by atoms with Crippen LogP contribution in [0.3, 0.4) is 0 Å². The van der Waals surface area contributed by atoms with E-state index >= 15 is 0 Å². The van der Waals surface area contributed by atoms with Crippen molar-refractivity contribution in [1.82, 2.24) is 10.2 Å². The van der Waals surface area contributed by atoms with Gasteiger partial charge >= 0.3 is 0 Å². The Balaban J connectivity index is 2.23. The minimum Gasteiger partial charge on any atom is -0.496 e. The van der Waals surface area contributed by atoms with Gasteiger partial charge in [0.15, 0.2) is 0 Å². The van der Waals surface area contributed by atoms with Crippen molar-refractivity contribution in [3.05, 3.63) is 28.8 Å². The van der Waals surface area contributed by atoms with E-state index in [0.717, 1.165) is 36.0 Å². The Morgan fingerprint density at radius 2 is 2.05 bits per heavy atom. The summed E-state index contributed by atoms with van der Waals surface area (Å²) in [5.41, 5.74) is 1.11. The van der Waals surface area contributed by atoms with E-state index in [-0.39, 0.29) is 0 Å². The number of hydrogen-bond acceptors (Lipinski definition) is 3. The lowest BCUT2D eigenvalue weighted by atomic mass is 10.2. The average Bonchev–Trinajstić information content (AvgIpc) is 2.42. The Kier molecular flexibility index (Phi) is 7.97. The van der Waals surface area contributed by atoms with Crippen molar-refractivity contribution in [2.45, 2.75) is 39.3 Å². The van der Waals surface area contributed by atoms with Crippen molar-refractivity contribution in [3.8, 4) is 5.75 Å². The van der Waals surface area contributed by atoms with Crippen molar-refractivity contribution in [2.75, 3.05) is 27.2 Å². The number of nitrogens with one attached hydrogen (secondary N) is 1. The third-order valence-electron chi connectivity index (χ3n) is 3.55. The summed E-state index contributed by atoms with van der Waals surface area (Å²) in [6.07, 6.45) is 2.40.